The molecule has 7 nitrogen and oxygen atoms in total. The van der Waals surface area contributed by atoms with E-state index in [-0.39, 0.29) is 22.0 Å². The number of carbonyl (C=O) groups is 2. The molecule has 0 bridgehead atoms. The Morgan fingerprint density at radius 1 is 1.03 bits per heavy atom. The molecule has 1 atom stereocenters. The molecule has 2 aromatic carbocycles. The number of halogens is 1. The summed E-state index contributed by atoms with van der Waals surface area (Å²) < 4.78 is 17.7. The maximum Gasteiger partial charge on any atom is 0.301 e. The molecule has 9 heteroatoms. The van der Waals surface area contributed by atoms with Gasteiger partial charge in [0.1, 0.15) is 23.2 Å². The number of nitrogens with zero attached hydrogens (tertiary/aromatic N) is 4. The van der Waals surface area contributed by atoms with Crippen molar-refractivity contribution in [2.45, 2.75) is 26.8 Å². The van der Waals surface area contributed by atoms with E-state index in [1.165, 1.54) is 34.4 Å². The van der Waals surface area contributed by atoms with Crippen LogP contribution in [0.2, 0.25) is 0 Å². The molecule has 1 saturated heterocycles. The van der Waals surface area contributed by atoms with Crippen LogP contribution in [0.4, 0.5) is 9.52 Å². The predicted octanol–water partition coefficient (Wildman–Crippen LogP) is 5.63. The third-order valence-electron chi connectivity index (χ3n) is 6.60. The van der Waals surface area contributed by atoms with Crippen molar-refractivity contribution in [2.24, 2.45) is 0 Å². The number of hydrogen-bond acceptors (Lipinski definition) is 6. The largest absolute Gasteiger partial charge is 0.505 e. The lowest BCUT2D eigenvalue weighted by atomic mass is 9.96. The summed E-state index contributed by atoms with van der Waals surface area (Å²) in [5.74, 6) is -2.82. The lowest BCUT2D eigenvalue weighted by Crippen LogP contribution is -2.29. The van der Waals surface area contributed by atoms with Crippen LogP contribution in [0.3, 0.4) is 0 Å². The number of imidazole rings is 1. The van der Waals surface area contributed by atoms with Gasteiger partial charge in [-0.3, -0.25) is 18.9 Å². The molecule has 0 saturated carbocycles. The summed E-state index contributed by atoms with van der Waals surface area (Å²) in [6, 6.07) is 14.0. The molecule has 6 rings (SSSR count). The second kappa shape index (κ2) is 8.35. The van der Waals surface area contributed by atoms with Gasteiger partial charge in [0, 0.05) is 11.8 Å². The van der Waals surface area contributed by atoms with Gasteiger partial charge in [0.15, 0.2) is 10.9 Å². The number of amides is 1. The number of hydrogen-bond donors (Lipinski definition) is 1. The van der Waals surface area contributed by atoms with Crippen molar-refractivity contribution >= 4 is 49.8 Å². The van der Waals surface area contributed by atoms with Crippen molar-refractivity contribution in [1.29, 1.82) is 0 Å². The Labute approximate surface area is 215 Å². The van der Waals surface area contributed by atoms with Crippen LogP contribution in [0.25, 0.3) is 21.6 Å². The Hall–Kier alpha value is -4.37. The van der Waals surface area contributed by atoms with Gasteiger partial charge >= 0.3 is 5.91 Å². The summed E-state index contributed by atoms with van der Waals surface area (Å²) in [4.78, 5) is 37.4. The average Bonchev–Trinajstić information content (AvgIpc) is 3.50. The zero-order valence-corrected chi connectivity index (χ0v) is 21.0. The molecule has 3 aromatic heterocycles. The number of aliphatic hydroxyl groups is 1. The van der Waals surface area contributed by atoms with E-state index >= 15 is 4.39 Å². The van der Waals surface area contributed by atoms with Crippen LogP contribution >= 0.6 is 11.3 Å². The van der Waals surface area contributed by atoms with Gasteiger partial charge in [-0.25, -0.2) is 14.4 Å². The van der Waals surface area contributed by atoms with Crippen molar-refractivity contribution < 1.29 is 19.1 Å². The number of carbonyl (C=O) groups excluding carboxylic acids is 2. The minimum Gasteiger partial charge on any atom is -0.505 e. The van der Waals surface area contributed by atoms with Crippen molar-refractivity contribution in [3.8, 4) is 0 Å². The Morgan fingerprint density at radius 3 is 2.57 bits per heavy atom. The van der Waals surface area contributed by atoms with Crippen LogP contribution in [0.5, 0.6) is 0 Å². The third kappa shape index (κ3) is 3.46. The molecule has 4 heterocycles. The normalized spacial score (nSPS) is 17.4. The highest BCUT2D eigenvalue weighted by molar-refractivity contribution is 7.22. The zero-order valence-electron chi connectivity index (χ0n) is 20.2. The van der Waals surface area contributed by atoms with Gasteiger partial charge < -0.3 is 5.11 Å². The smallest absolute Gasteiger partial charge is 0.301 e. The number of fused-ring (bicyclic) bond motifs is 2. The van der Waals surface area contributed by atoms with Gasteiger partial charge in [0.05, 0.1) is 21.5 Å². The predicted molar refractivity (Wildman–Crippen MR) is 140 cm³/mol. The number of aryl methyl sites for hydroxylation is 3. The van der Waals surface area contributed by atoms with E-state index in [0.29, 0.717) is 16.9 Å². The topological polar surface area (TPSA) is 87.8 Å². The Bertz CT molecular complexity index is 1800. The maximum absolute atomic E-state index is 15.2. The number of pyridine rings is 1. The Morgan fingerprint density at radius 2 is 1.78 bits per heavy atom. The third-order valence-corrected chi connectivity index (χ3v) is 7.60. The quantitative estimate of drug-likeness (QED) is 0.192. The van der Waals surface area contributed by atoms with Gasteiger partial charge in [-0.2, -0.15) is 0 Å². The summed E-state index contributed by atoms with van der Waals surface area (Å²) in [5.41, 5.74) is 3.85. The monoisotopic (exact) mass is 512 g/mol. The van der Waals surface area contributed by atoms with Crippen molar-refractivity contribution in [3.05, 3.63) is 100 Å². The average molecular weight is 513 g/mol. The molecule has 0 aliphatic carbocycles. The SMILES string of the molecule is Cc1cc(C)c2nc(N3C(=O)C(=O)/C(=C(/O)c4c(C)nc5ccccn45)C3c3ccccc3F)sc2c1. The first-order valence-corrected chi connectivity index (χ1v) is 12.4. The van der Waals surface area contributed by atoms with Crippen LogP contribution in [0.1, 0.15) is 34.1 Å². The minimum atomic E-state index is -1.21. The number of aromatic nitrogens is 3. The molecule has 37 heavy (non-hydrogen) atoms. The number of ketones is 1. The highest BCUT2D eigenvalue weighted by Crippen LogP contribution is 2.45. The molecular formula is C28H21FN4O3S. The number of benzene rings is 2. The van der Waals surface area contributed by atoms with Crippen LogP contribution < -0.4 is 4.90 Å². The highest BCUT2D eigenvalue weighted by atomic mass is 32.1. The summed E-state index contributed by atoms with van der Waals surface area (Å²) in [6.45, 7) is 5.60. The van der Waals surface area contributed by atoms with E-state index in [1.54, 1.807) is 41.8 Å². The van der Waals surface area contributed by atoms with E-state index in [1.807, 2.05) is 26.0 Å². The molecule has 0 spiro atoms. The van der Waals surface area contributed by atoms with E-state index in [0.717, 1.165) is 15.8 Å². The van der Waals surface area contributed by atoms with Crippen LogP contribution in [0.15, 0.2) is 66.4 Å². The second-order valence-corrected chi connectivity index (χ2v) is 10.1. The first kappa shape index (κ1) is 23.1. The number of rotatable bonds is 3. The maximum atomic E-state index is 15.2. The molecule has 5 aromatic rings. The number of Topliss-reactive ketones (excluding diaryl/α,β-unsaturated/α-hetero) is 1. The summed E-state index contributed by atoms with van der Waals surface area (Å²) in [5, 5.41) is 11.8. The molecule has 1 aliphatic rings. The fraction of sp³-hybridized carbons (Fsp3) is 0.143. The molecular weight excluding hydrogens is 491 g/mol. The molecule has 1 unspecified atom stereocenters. The van der Waals surface area contributed by atoms with Gasteiger partial charge in [0.25, 0.3) is 5.78 Å². The molecule has 1 amide bonds. The standard InChI is InChI=1S/C28H21FN4O3S/c1-14-12-15(2)22-19(13-14)37-28(31-22)33-24(17-8-4-5-9-18(17)29)21(26(35)27(33)36)25(34)23-16(3)30-20-10-6-7-11-32(20)23/h4-13,24,34H,1-3H3/b25-21+. The summed E-state index contributed by atoms with van der Waals surface area (Å²) in [6.07, 6.45) is 1.71. The van der Waals surface area contributed by atoms with E-state index in [9.17, 15) is 14.7 Å². The van der Waals surface area contributed by atoms with Crippen LogP contribution in [-0.2, 0) is 9.59 Å². The highest BCUT2D eigenvalue weighted by Gasteiger charge is 2.49. The number of anilines is 1. The van der Waals surface area contributed by atoms with Gasteiger partial charge in [-0.15, -0.1) is 0 Å². The minimum absolute atomic E-state index is 0.0851. The van der Waals surface area contributed by atoms with Gasteiger partial charge in [-0.05, 0) is 56.2 Å². The van der Waals surface area contributed by atoms with Crippen molar-refractivity contribution in [1.82, 2.24) is 14.4 Å². The summed E-state index contributed by atoms with van der Waals surface area (Å²) >= 11 is 1.25. The van der Waals surface area contributed by atoms with Crippen LogP contribution in [-0.4, -0.2) is 31.2 Å². The van der Waals surface area contributed by atoms with Crippen molar-refractivity contribution in [2.75, 3.05) is 4.90 Å². The van der Waals surface area contributed by atoms with E-state index in [2.05, 4.69) is 9.97 Å². The Balaban J connectivity index is 1.64. The van der Waals surface area contributed by atoms with Gasteiger partial charge in [0.2, 0.25) is 0 Å². The lowest BCUT2D eigenvalue weighted by Gasteiger charge is -2.23. The first-order chi connectivity index (χ1) is 17.8. The summed E-state index contributed by atoms with van der Waals surface area (Å²) in [7, 11) is 0. The fourth-order valence-electron chi connectivity index (χ4n) is 5.01. The van der Waals surface area contributed by atoms with Crippen LogP contribution in [0, 0.1) is 26.6 Å². The zero-order chi connectivity index (χ0) is 26.0. The van der Waals surface area contributed by atoms with Gasteiger partial charge in [-0.1, -0.05) is 41.7 Å². The molecule has 1 fully saturated rings. The molecule has 184 valence electrons. The molecule has 1 N–H and O–H groups in total. The van der Waals surface area contributed by atoms with E-state index in [4.69, 9.17) is 0 Å². The van der Waals surface area contributed by atoms with Crippen molar-refractivity contribution in [3.63, 3.8) is 0 Å². The number of thiazole rings is 1. The number of aliphatic hydroxyl groups excluding tert-OH is 1. The Kier molecular flexibility index (Phi) is 5.20. The fourth-order valence-corrected chi connectivity index (χ4v) is 6.18. The molecule has 0 radical (unpaired) electrons. The lowest BCUT2D eigenvalue weighted by molar-refractivity contribution is -0.132. The molecule has 1 aliphatic heterocycles. The second-order valence-electron chi connectivity index (χ2n) is 9.09. The first-order valence-electron chi connectivity index (χ1n) is 11.6. The van der Waals surface area contributed by atoms with E-state index < -0.39 is 29.3 Å².